The standard InChI is InChI=1S/C30H20Cl2O4/c31-21-15-7-13-19-23-20-14-8-16-22(32)25(20)26(24(19)21)28(36-30(34)18-11-5-2-6-12-18)27(23)35-29(33)17-9-3-1-4-10-17/h1-16,23,26-28H. The summed E-state index contributed by atoms with van der Waals surface area (Å²) < 4.78 is 12.3. The third kappa shape index (κ3) is 3.69. The number of hydrogen-bond donors (Lipinski definition) is 0. The Morgan fingerprint density at radius 2 is 0.944 bits per heavy atom. The monoisotopic (exact) mass is 514 g/mol. The van der Waals surface area contributed by atoms with Crippen LogP contribution in [0.25, 0.3) is 0 Å². The quantitative estimate of drug-likeness (QED) is 0.274. The van der Waals surface area contributed by atoms with Crippen molar-refractivity contribution in [1.82, 2.24) is 0 Å². The van der Waals surface area contributed by atoms with Gasteiger partial charge in [0, 0.05) is 10.0 Å². The summed E-state index contributed by atoms with van der Waals surface area (Å²) in [5, 5.41) is 1.11. The van der Waals surface area contributed by atoms with Crippen molar-refractivity contribution in [1.29, 1.82) is 0 Å². The van der Waals surface area contributed by atoms with Crippen LogP contribution in [0.1, 0.15) is 54.8 Å². The van der Waals surface area contributed by atoms with Gasteiger partial charge >= 0.3 is 11.9 Å². The number of halogens is 2. The average molecular weight is 515 g/mol. The van der Waals surface area contributed by atoms with Crippen molar-refractivity contribution in [3.63, 3.8) is 0 Å². The highest BCUT2D eigenvalue weighted by molar-refractivity contribution is 6.32. The molecule has 0 radical (unpaired) electrons. The second-order valence-electron chi connectivity index (χ2n) is 8.91. The minimum atomic E-state index is -0.824. The maximum atomic E-state index is 13.3. The summed E-state index contributed by atoms with van der Waals surface area (Å²) in [6.45, 7) is 0. The lowest BCUT2D eigenvalue weighted by Crippen LogP contribution is -2.51. The molecule has 178 valence electrons. The van der Waals surface area contributed by atoms with Crippen molar-refractivity contribution in [2.45, 2.75) is 24.0 Å². The molecule has 4 nitrogen and oxygen atoms in total. The first kappa shape index (κ1) is 22.8. The molecule has 0 spiro atoms. The summed E-state index contributed by atoms with van der Waals surface area (Å²) in [6, 6.07) is 28.9. The molecule has 0 heterocycles. The Balaban J connectivity index is 1.51. The van der Waals surface area contributed by atoms with Crippen molar-refractivity contribution in [2.75, 3.05) is 0 Å². The van der Waals surface area contributed by atoms with E-state index in [1.807, 2.05) is 48.5 Å². The van der Waals surface area contributed by atoms with Gasteiger partial charge in [0.15, 0.2) is 12.2 Å². The Morgan fingerprint density at radius 1 is 0.528 bits per heavy atom. The fourth-order valence-corrected chi connectivity index (χ4v) is 6.08. The highest BCUT2D eigenvalue weighted by Gasteiger charge is 2.55. The largest absolute Gasteiger partial charge is 0.454 e. The molecule has 2 atom stereocenters. The number of esters is 2. The normalized spacial score (nSPS) is 21.3. The average Bonchev–Trinajstić information content (AvgIpc) is 2.91. The number of ether oxygens (including phenoxy) is 2. The Labute approximate surface area is 218 Å². The van der Waals surface area contributed by atoms with E-state index in [0.717, 1.165) is 22.3 Å². The van der Waals surface area contributed by atoms with Gasteiger partial charge in [-0.2, -0.15) is 0 Å². The molecule has 3 aliphatic carbocycles. The summed E-state index contributed by atoms with van der Waals surface area (Å²) >= 11 is 13.5. The highest BCUT2D eigenvalue weighted by atomic mass is 35.5. The molecule has 2 unspecified atom stereocenters. The molecule has 36 heavy (non-hydrogen) atoms. The third-order valence-corrected chi connectivity index (χ3v) is 7.61. The van der Waals surface area contributed by atoms with Crippen molar-refractivity contribution >= 4 is 35.1 Å². The predicted molar refractivity (Wildman–Crippen MR) is 138 cm³/mol. The van der Waals surface area contributed by atoms with Crippen LogP contribution in [-0.2, 0) is 9.47 Å². The molecule has 4 aromatic carbocycles. The van der Waals surface area contributed by atoms with Gasteiger partial charge in [-0.3, -0.25) is 0 Å². The molecule has 6 heteroatoms. The van der Waals surface area contributed by atoms with Crippen LogP contribution >= 0.6 is 23.2 Å². The molecule has 0 fully saturated rings. The smallest absolute Gasteiger partial charge is 0.338 e. The molecule has 0 saturated carbocycles. The van der Waals surface area contributed by atoms with Crippen LogP contribution in [0, 0.1) is 0 Å². The molecular formula is C30H20Cl2O4. The minimum absolute atomic E-state index is 0.404. The summed E-state index contributed by atoms with van der Waals surface area (Å²) in [7, 11) is 0. The fourth-order valence-electron chi connectivity index (χ4n) is 5.48. The summed E-state index contributed by atoms with van der Waals surface area (Å²) in [4.78, 5) is 26.5. The highest BCUT2D eigenvalue weighted by Crippen LogP contribution is 2.58. The van der Waals surface area contributed by atoms with Gasteiger partial charge in [0.1, 0.15) is 0 Å². The Bertz CT molecular complexity index is 1420. The lowest BCUT2D eigenvalue weighted by Gasteiger charge is -2.49. The van der Waals surface area contributed by atoms with E-state index in [-0.39, 0.29) is 0 Å². The predicted octanol–water partition coefficient (Wildman–Crippen LogP) is 7.04. The van der Waals surface area contributed by atoms with Crippen LogP contribution in [0.4, 0.5) is 0 Å². The molecular weight excluding hydrogens is 495 g/mol. The van der Waals surface area contributed by atoms with Crippen molar-refractivity contribution in [3.8, 4) is 0 Å². The minimum Gasteiger partial charge on any atom is -0.454 e. The molecule has 0 aromatic heterocycles. The van der Waals surface area contributed by atoms with Crippen molar-refractivity contribution < 1.29 is 19.1 Å². The molecule has 3 aliphatic rings. The zero-order valence-corrected chi connectivity index (χ0v) is 20.4. The Kier molecular flexibility index (Phi) is 5.79. The summed E-state index contributed by atoms with van der Waals surface area (Å²) in [6.07, 6.45) is -1.59. The van der Waals surface area contributed by atoms with E-state index < -0.39 is 36.0 Å². The van der Waals surface area contributed by atoms with Gasteiger partial charge < -0.3 is 9.47 Å². The van der Waals surface area contributed by atoms with Gasteiger partial charge in [-0.1, -0.05) is 83.9 Å². The Morgan fingerprint density at radius 3 is 1.39 bits per heavy atom. The van der Waals surface area contributed by atoms with Gasteiger partial charge in [-0.05, 0) is 58.7 Å². The van der Waals surface area contributed by atoms with E-state index >= 15 is 0 Å². The maximum absolute atomic E-state index is 13.3. The van der Waals surface area contributed by atoms with Crippen LogP contribution in [0.3, 0.4) is 0 Å². The van der Waals surface area contributed by atoms with Crippen LogP contribution in [0.15, 0.2) is 97.1 Å². The molecule has 2 bridgehead atoms. The number of fused-ring (bicyclic) bond motifs is 1. The SMILES string of the molecule is O=C(OC1C2c3cccc(Cl)c3C(c3c(Cl)cccc32)C1OC(=O)c1ccccc1)c1ccccc1. The zero-order valence-electron chi connectivity index (χ0n) is 18.9. The third-order valence-electron chi connectivity index (χ3n) is 6.95. The molecule has 0 N–H and O–H groups in total. The van der Waals surface area contributed by atoms with E-state index in [1.54, 1.807) is 48.5 Å². The van der Waals surface area contributed by atoms with E-state index in [1.165, 1.54) is 0 Å². The second-order valence-corrected chi connectivity index (χ2v) is 9.73. The zero-order chi connectivity index (χ0) is 24.8. The summed E-state index contributed by atoms with van der Waals surface area (Å²) in [5.41, 5.74) is 4.42. The van der Waals surface area contributed by atoms with Crippen LogP contribution in [0.2, 0.25) is 10.0 Å². The van der Waals surface area contributed by atoms with E-state index in [9.17, 15) is 9.59 Å². The van der Waals surface area contributed by atoms with Crippen molar-refractivity contribution in [3.05, 3.63) is 140 Å². The number of benzene rings is 4. The maximum Gasteiger partial charge on any atom is 0.338 e. The second kappa shape index (κ2) is 9.12. The first-order valence-electron chi connectivity index (χ1n) is 11.6. The van der Waals surface area contributed by atoms with E-state index in [2.05, 4.69) is 0 Å². The van der Waals surface area contributed by atoms with E-state index in [0.29, 0.717) is 21.2 Å². The number of carbonyl (C=O) groups is 2. The fraction of sp³-hybridized carbons (Fsp3) is 0.133. The number of hydrogen-bond acceptors (Lipinski definition) is 4. The molecule has 0 saturated heterocycles. The van der Waals surface area contributed by atoms with Crippen LogP contribution < -0.4 is 0 Å². The molecule has 4 aromatic rings. The molecule has 0 aliphatic heterocycles. The lowest BCUT2D eigenvalue weighted by atomic mass is 9.61. The summed E-state index contributed by atoms with van der Waals surface area (Å²) in [5.74, 6) is -1.89. The van der Waals surface area contributed by atoms with Crippen LogP contribution in [-0.4, -0.2) is 24.1 Å². The Hall–Kier alpha value is -3.60. The van der Waals surface area contributed by atoms with Gasteiger partial charge in [-0.15, -0.1) is 0 Å². The van der Waals surface area contributed by atoms with Gasteiger partial charge in [0.05, 0.1) is 23.0 Å². The van der Waals surface area contributed by atoms with Crippen molar-refractivity contribution in [2.24, 2.45) is 0 Å². The van der Waals surface area contributed by atoms with Gasteiger partial charge in [0.25, 0.3) is 0 Å². The first-order chi connectivity index (χ1) is 17.5. The van der Waals surface area contributed by atoms with Crippen LogP contribution in [0.5, 0.6) is 0 Å². The van der Waals surface area contributed by atoms with Gasteiger partial charge in [0.2, 0.25) is 0 Å². The first-order valence-corrected chi connectivity index (χ1v) is 12.4. The number of carbonyl (C=O) groups excluding carboxylic acids is 2. The van der Waals surface area contributed by atoms with Gasteiger partial charge in [-0.25, -0.2) is 9.59 Å². The molecule has 7 rings (SSSR count). The lowest BCUT2D eigenvalue weighted by molar-refractivity contribution is -0.0557. The molecule has 0 amide bonds. The number of rotatable bonds is 4. The van der Waals surface area contributed by atoms with E-state index in [4.69, 9.17) is 32.7 Å². The topological polar surface area (TPSA) is 52.6 Å².